The van der Waals surface area contributed by atoms with E-state index in [-0.39, 0.29) is 35.6 Å². The summed E-state index contributed by atoms with van der Waals surface area (Å²) < 4.78 is 5.31. The zero-order valence-corrected chi connectivity index (χ0v) is 15.9. The number of Topliss-reactive ketones (excluding diaryl/α,β-unsaturated/α-hetero) is 1. The van der Waals surface area contributed by atoms with Crippen LogP contribution in [0.15, 0.2) is 12.2 Å². The number of hydrogen-bond acceptors (Lipinski definition) is 5. The van der Waals surface area contributed by atoms with Crippen LogP contribution >= 0.6 is 0 Å². The Balaban J connectivity index is 2.37. The van der Waals surface area contributed by atoms with Gasteiger partial charge in [-0.05, 0) is 55.4 Å². The van der Waals surface area contributed by atoms with Crippen LogP contribution in [-0.2, 0) is 14.3 Å². The maximum atomic E-state index is 11.5. The van der Waals surface area contributed by atoms with Crippen LogP contribution in [0.5, 0.6) is 0 Å². The molecule has 0 spiro atoms. The van der Waals surface area contributed by atoms with Crippen molar-refractivity contribution in [1.29, 1.82) is 0 Å². The molecule has 0 amide bonds. The third-order valence-electron chi connectivity index (χ3n) is 6.54. The maximum absolute atomic E-state index is 11.5. The summed E-state index contributed by atoms with van der Waals surface area (Å²) in [5, 5.41) is 21.1. The van der Waals surface area contributed by atoms with Crippen molar-refractivity contribution >= 4 is 11.8 Å². The van der Waals surface area contributed by atoms with Crippen molar-refractivity contribution < 1.29 is 24.5 Å². The van der Waals surface area contributed by atoms with Gasteiger partial charge in [-0.1, -0.05) is 20.4 Å². The van der Waals surface area contributed by atoms with Crippen LogP contribution in [0.25, 0.3) is 0 Å². The van der Waals surface area contributed by atoms with Gasteiger partial charge in [0.2, 0.25) is 0 Å². The molecule has 6 atom stereocenters. The van der Waals surface area contributed by atoms with Gasteiger partial charge < -0.3 is 19.7 Å². The number of aliphatic hydroxyl groups is 2. The van der Waals surface area contributed by atoms with E-state index >= 15 is 0 Å². The number of hydrogen-bond donors (Lipinski definition) is 2. The lowest BCUT2D eigenvalue weighted by Gasteiger charge is -2.60. The minimum atomic E-state index is -0.623. The molecule has 0 aromatic carbocycles. The summed E-state index contributed by atoms with van der Waals surface area (Å²) in [4.78, 5) is 22.8. The highest BCUT2D eigenvalue weighted by Gasteiger charge is 2.58. The van der Waals surface area contributed by atoms with Crippen molar-refractivity contribution in [3.05, 3.63) is 12.2 Å². The van der Waals surface area contributed by atoms with E-state index in [2.05, 4.69) is 13.5 Å². The molecule has 0 unspecified atom stereocenters. The lowest BCUT2D eigenvalue weighted by molar-refractivity contribution is -0.167. The van der Waals surface area contributed by atoms with Crippen molar-refractivity contribution in [2.24, 2.45) is 22.7 Å². The first-order chi connectivity index (χ1) is 11.5. The minimum Gasteiger partial charge on any atom is -0.465 e. The van der Waals surface area contributed by atoms with E-state index < -0.39 is 17.6 Å². The van der Waals surface area contributed by atoms with E-state index in [4.69, 9.17) is 4.74 Å². The van der Waals surface area contributed by atoms with Crippen molar-refractivity contribution in [2.45, 2.75) is 72.0 Å². The predicted octanol–water partition coefficient (Wildman–Crippen LogP) is 2.64. The lowest BCUT2D eigenvalue weighted by atomic mass is 9.45. The Hall–Kier alpha value is -1.20. The first-order valence-corrected chi connectivity index (χ1v) is 9.17. The minimum absolute atomic E-state index is 0.0308. The largest absolute Gasteiger partial charge is 0.465 e. The molecule has 0 aromatic rings. The monoisotopic (exact) mass is 352 g/mol. The summed E-state index contributed by atoms with van der Waals surface area (Å²) in [6, 6.07) is 0. The summed E-state index contributed by atoms with van der Waals surface area (Å²) in [5.74, 6) is -0.166. The fraction of sp³-hybridized carbons (Fsp3) is 0.800. The van der Waals surface area contributed by atoms with Crippen molar-refractivity contribution in [2.75, 3.05) is 6.61 Å². The molecule has 0 radical (unpaired) electrons. The summed E-state index contributed by atoms with van der Waals surface area (Å²) >= 11 is 0. The normalized spacial score (nSPS) is 41.1. The van der Waals surface area contributed by atoms with E-state index in [1.165, 1.54) is 6.92 Å². The van der Waals surface area contributed by atoms with E-state index in [0.29, 0.717) is 32.1 Å². The van der Waals surface area contributed by atoms with Gasteiger partial charge in [-0.2, -0.15) is 0 Å². The standard InChI is InChI=1S/C20H32O5/c1-12(21)6-7-16-13(2)17(24)8-18-19(4,11-25-14(3)22)9-15(23)10-20(16,18)5/h15-18,23-24H,2,6-11H2,1,3-5H3/t15-,16-,17+,18-,19+,20+/m0/s1. The van der Waals surface area contributed by atoms with Gasteiger partial charge in [0.25, 0.3) is 0 Å². The Kier molecular flexibility index (Phi) is 5.79. The molecule has 0 bridgehead atoms. The van der Waals surface area contributed by atoms with Crippen LogP contribution in [0.2, 0.25) is 0 Å². The molecule has 5 nitrogen and oxygen atoms in total. The molecule has 142 valence electrons. The Morgan fingerprint density at radius 2 is 1.88 bits per heavy atom. The number of ketones is 1. The molecule has 2 saturated carbocycles. The van der Waals surface area contributed by atoms with Crippen LogP contribution < -0.4 is 0 Å². The first-order valence-electron chi connectivity index (χ1n) is 9.17. The average molecular weight is 352 g/mol. The fourth-order valence-corrected chi connectivity index (χ4v) is 5.46. The first kappa shape index (κ1) is 20.1. The van der Waals surface area contributed by atoms with Crippen molar-refractivity contribution in [3.63, 3.8) is 0 Å². The summed E-state index contributed by atoms with van der Waals surface area (Å²) in [5.41, 5.74) is 0.0796. The molecule has 2 aliphatic rings. The van der Waals surface area contributed by atoms with Gasteiger partial charge in [-0.3, -0.25) is 4.79 Å². The molecule has 2 N–H and O–H groups in total. The zero-order chi connectivity index (χ0) is 19.0. The van der Waals surface area contributed by atoms with E-state index in [9.17, 15) is 19.8 Å². The van der Waals surface area contributed by atoms with Crippen molar-refractivity contribution in [1.82, 2.24) is 0 Å². The SMILES string of the molecule is C=C1[C@H](O)C[C@H]2[C@@](C)(COC(C)=O)C[C@H](O)C[C@]2(C)[C@H]1CCC(C)=O. The number of ether oxygens (including phenoxy) is 1. The Bertz CT molecular complexity index is 556. The van der Waals surface area contributed by atoms with Gasteiger partial charge >= 0.3 is 5.97 Å². The summed E-state index contributed by atoms with van der Waals surface area (Å²) in [7, 11) is 0. The van der Waals surface area contributed by atoms with Crippen LogP contribution in [-0.4, -0.2) is 40.8 Å². The average Bonchev–Trinajstić information content (AvgIpc) is 2.47. The van der Waals surface area contributed by atoms with Gasteiger partial charge in [-0.25, -0.2) is 0 Å². The molecule has 2 fully saturated rings. The number of carbonyl (C=O) groups is 2. The van der Waals surface area contributed by atoms with E-state index in [1.807, 2.05) is 6.92 Å². The molecule has 0 aromatic heterocycles. The molecular formula is C20H32O5. The van der Waals surface area contributed by atoms with Crippen molar-refractivity contribution in [3.8, 4) is 0 Å². The Morgan fingerprint density at radius 3 is 2.44 bits per heavy atom. The highest BCUT2D eigenvalue weighted by molar-refractivity contribution is 5.75. The smallest absolute Gasteiger partial charge is 0.302 e. The second-order valence-electron chi connectivity index (χ2n) is 8.67. The second kappa shape index (κ2) is 7.20. The summed E-state index contributed by atoms with van der Waals surface area (Å²) in [6.07, 6.45) is 1.66. The quantitative estimate of drug-likeness (QED) is 0.587. The molecule has 2 rings (SSSR count). The molecular weight excluding hydrogens is 320 g/mol. The van der Waals surface area contributed by atoms with E-state index in [1.54, 1.807) is 6.92 Å². The molecule has 0 aliphatic heterocycles. The number of carbonyl (C=O) groups excluding carboxylic acids is 2. The van der Waals surface area contributed by atoms with Crippen LogP contribution in [0.4, 0.5) is 0 Å². The fourth-order valence-electron chi connectivity index (χ4n) is 5.46. The molecule has 5 heteroatoms. The van der Waals surface area contributed by atoms with Crippen LogP contribution in [0.3, 0.4) is 0 Å². The second-order valence-corrected chi connectivity index (χ2v) is 8.67. The Labute approximate surface area is 150 Å². The number of fused-ring (bicyclic) bond motifs is 1. The summed E-state index contributed by atoms with van der Waals surface area (Å²) in [6.45, 7) is 11.5. The number of rotatable bonds is 5. The number of aliphatic hydroxyl groups excluding tert-OH is 2. The van der Waals surface area contributed by atoms with Gasteiger partial charge in [0, 0.05) is 18.8 Å². The van der Waals surface area contributed by atoms with Crippen LogP contribution in [0.1, 0.15) is 59.8 Å². The maximum Gasteiger partial charge on any atom is 0.302 e. The third kappa shape index (κ3) is 3.98. The van der Waals surface area contributed by atoms with Gasteiger partial charge in [-0.15, -0.1) is 0 Å². The van der Waals surface area contributed by atoms with Gasteiger partial charge in [0.1, 0.15) is 5.78 Å². The topological polar surface area (TPSA) is 83.8 Å². The lowest BCUT2D eigenvalue weighted by Crippen LogP contribution is -2.58. The highest BCUT2D eigenvalue weighted by Crippen LogP contribution is 2.62. The van der Waals surface area contributed by atoms with Gasteiger partial charge in [0.15, 0.2) is 0 Å². The van der Waals surface area contributed by atoms with Crippen LogP contribution in [0, 0.1) is 22.7 Å². The van der Waals surface area contributed by atoms with Gasteiger partial charge in [0.05, 0.1) is 18.8 Å². The zero-order valence-electron chi connectivity index (χ0n) is 15.9. The third-order valence-corrected chi connectivity index (χ3v) is 6.54. The predicted molar refractivity (Wildman–Crippen MR) is 94.7 cm³/mol. The molecule has 2 aliphatic carbocycles. The molecule has 25 heavy (non-hydrogen) atoms. The highest BCUT2D eigenvalue weighted by atomic mass is 16.5. The number of esters is 1. The molecule has 0 heterocycles. The molecule has 0 saturated heterocycles. The van der Waals surface area contributed by atoms with E-state index in [0.717, 1.165) is 5.57 Å². The Morgan fingerprint density at radius 1 is 1.24 bits per heavy atom.